The second kappa shape index (κ2) is 8.85. The number of rotatable bonds is 7. The van der Waals surface area contributed by atoms with E-state index >= 15 is 0 Å². The Kier molecular flexibility index (Phi) is 6.82. The van der Waals surface area contributed by atoms with E-state index in [2.05, 4.69) is 59.5 Å². The Labute approximate surface area is 156 Å². The first-order valence-corrected chi connectivity index (χ1v) is 9.11. The van der Waals surface area contributed by atoms with Crippen molar-refractivity contribution in [3.63, 3.8) is 0 Å². The van der Waals surface area contributed by atoms with Crippen LogP contribution in [0.1, 0.15) is 48.5 Å². The maximum atomic E-state index is 12.2. The lowest BCUT2D eigenvalue weighted by Crippen LogP contribution is -2.40. The highest BCUT2D eigenvalue weighted by Crippen LogP contribution is 2.22. The van der Waals surface area contributed by atoms with Crippen LogP contribution in [0.5, 0.6) is 0 Å². The number of carbonyl (C=O) groups excluding carboxylic acids is 2. The van der Waals surface area contributed by atoms with Gasteiger partial charge in [0.15, 0.2) is 10.4 Å². The third-order valence-corrected chi connectivity index (χ3v) is 4.36. The van der Waals surface area contributed by atoms with Gasteiger partial charge in [-0.05, 0) is 51.5 Å². The molecule has 0 fully saturated rings. The van der Waals surface area contributed by atoms with Crippen LogP contribution < -0.4 is 10.6 Å². The molecule has 1 unspecified atom stereocenters. The summed E-state index contributed by atoms with van der Waals surface area (Å²) in [5, 5.41) is 5.55. The fourth-order valence-electron chi connectivity index (χ4n) is 2.50. The highest BCUT2D eigenvalue weighted by molar-refractivity contribution is 9.10. The first-order chi connectivity index (χ1) is 11.9. The summed E-state index contributed by atoms with van der Waals surface area (Å²) in [7, 11) is 0. The molecule has 0 aliphatic rings. The zero-order valence-corrected chi connectivity index (χ0v) is 16.2. The summed E-state index contributed by atoms with van der Waals surface area (Å²) in [6.45, 7) is 6.11. The minimum absolute atomic E-state index is 0.104. The second-order valence-corrected chi connectivity index (χ2v) is 6.95. The monoisotopic (exact) mass is 406 g/mol. The Morgan fingerprint density at radius 3 is 2.32 bits per heavy atom. The van der Waals surface area contributed by atoms with Crippen LogP contribution in [0, 0.1) is 5.92 Å². The van der Waals surface area contributed by atoms with Gasteiger partial charge in [-0.3, -0.25) is 9.59 Å². The summed E-state index contributed by atoms with van der Waals surface area (Å²) in [5.74, 6) is -0.269. The van der Waals surface area contributed by atoms with Gasteiger partial charge in [0.25, 0.3) is 5.91 Å². The van der Waals surface area contributed by atoms with Crippen molar-refractivity contribution in [2.45, 2.75) is 33.2 Å². The van der Waals surface area contributed by atoms with Gasteiger partial charge < -0.3 is 15.1 Å². The molecule has 1 heterocycles. The molecule has 0 saturated heterocycles. The summed E-state index contributed by atoms with van der Waals surface area (Å²) in [6, 6.07) is 11.3. The topological polar surface area (TPSA) is 71.3 Å². The standard InChI is InChI=1S/C19H23BrN2O3/c1-4-13-5-7-14(8-6-13)18(12(2)3)22-17(23)11-21-19(24)15-9-10-16(20)25-15/h5-10,12,18H,4,11H2,1-3H3,(H,21,24)(H,22,23). The van der Waals surface area contributed by atoms with Crippen molar-refractivity contribution in [1.82, 2.24) is 10.6 Å². The van der Waals surface area contributed by atoms with Crippen LogP contribution in [0.25, 0.3) is 0 Å². The van der Waals surface area contributed by atoms with Gasteiger partial charge in [0.1, 0.15) is 0 Å². The molecule has 0 bridgehead atoms. The Morgan fingerprint density at radius 1 is 1.12 bits per heavy atom. The van der Waals surface area contributed by atoms with E-state index in [1.807, 2.05) is 12.1 Å². The smallest absolute Gasteiger partial charge is 0.287 e. The van der Waals surface area contributed by atoms with E-state index in [0.29, 0.717) is 4.67 Å². The Hall–Kier alpha value is -2.08. The minimum Gasteiger partial charge on any atom is -0.444 e. The highest BCUT2D eigenvalue weighted by Gasteiger charge is 2.19. The molecule has 25 heavy (non-hydrogen) atoms. The molecular formula is C19H23BrN2O3. The number of halogens is 1. The fraction of sp³-hybridized carbons (Fsp3) is 0.368. The summed E-state index contributed by atoms with van der Waals surface area (Å²) < 4.78 is 5.63. The summed E-state index contributed by atoms with van der Waals surface area (Å²) in [6.07, 6.45) is 0.980. The van der Waals surface area contributed by atoms with Crippen LogP contribution in [0.2, 0.25) is 0 Å². The van der Waals surface area contributed by atoms with E-state index in [9.17, 15) is 9.59 Å². The molecule has 134 valence electrons. The number of aryl methyl sites for hydroxylation is 1. The molecule has 0 spiro atoms. The highest BCUT2D eigenvalue weighted by atomic mass is 79.9. The van der Waals surface area contributed by atoms with Gasteiger partial charge in [-0.25, -0.2) is 0 Å². The molecule has 6 heteroatoms. The number of hydrogen-bond donors (Lipinski definition) is 2. The van der Waals surface area contributed by atoms with E-state index in [1.165, 1.54) is 5.56 Å². The molecular weight excluding hydrogens is 384 g/mol. The van der Waals surface area contributed by atoms with E-state index < -0.39 is 5.91 Å². The molecule has 1 aromatic heterocycles. The third kappa shape index (κ3) is 5.46. The van der Waals surface area contributed by atoms with E-state index in [0.717, 1.165) is 12.0 Å². The number of furan rings is 1. The quantitative estimate of drug-likeness (QED) is 0.733. The normalized spacial score (nSPS) is 12.0. The number of carbonyl (C=O) groups is 2. The Morgan fingerprint density at radius 2 is 1.80 bits per heavy atom. The molecule has 2 amide bonds. The lowest BCUT2D eigenvalue weighted by molar-refractivity contribution is -0.121. The van der Waals surface area contributed by atoms with Crippen LogP contribution in [0.3, 0.4) is 0 Å². The van der Waals surface area contributed by atoms with Gasteiger partial charge in [-0.2, -0.15) is 0 Å². The maximum Gasteiger partial charge on any atom is 0.287 e. The molecule has 1 aromatic carbocycles. The summed E-state index contributed by atoms with van der Waals surface area (Å²) >= 11 is 3.14. The third-order valence-electron chi connectivity index (χ3n) is 3.94. The average molecular weight is 407 g/mol. The summed E-state index contributed by atoms with van der Waals surface area (Å²) in [5.41, 5.74) is 2.32. The summed E-state index contributed by atoms with van der Waals surface area (Å²) in [4.78, 5) is 24.1. The van der Waals surface area contributed by atoms with Crippen molar-refractivity contribution in [2.24, 2.45) is 5.92 Å². The van der Waals surface area contributed by atoms with Crippen LogP contribution in [-0.4, -0.2) is 18.4 Å². The number of hydrogen-bond acceptors (Lipinski definition) is 3. The largest absolute Gasteiger partial charge is 0.444 e. The number of amides is 2. The second-order valence-electron chi connectivity index (χ2n) is 6.17. The van der Waals surface area contributed by atoms with Gasteiger partial charge >= 0.3 is 0 Å². The van der Waals surface area contributed by atoms with Crippen LogP contribution in [-0.2, 0) is 11.2 Å². The molecule has 0 aliphatic carbocycles. The van der Waals surface area contributed by atoms with Crippen molar-refractivity contribution in [1.29, 1.82) is 0 Å². The zero-order chi connectivity index (χ0) is 18.4. The van der Waals surface area contributed by atoms with Gasteiger partial charge in [0.05, 0.1) is 12.6 Å². The molecule has 5 nitrogen and oxygen atoms in total. The van der Waals surface area contributed by atoms with Crippen molar-refractivity contribution in [3.8, 4) is 0 Å². The van der Waals surface area contributed by atoms with E-state index in [4.69, 9.17) is 4.42 Å². The van der Waals surface area contributed by atoms with Crippen molar-refractivity contribution < 1.29 is 14.0 Å². The van der Waals surface area contributed by atoms with E-state index in [1.54, 1.807) is 12.1 Å². The Bertz CT molecular complexity index is 723. The van der Waals surface area contributed by atoms with E-state index in [-0.39, 0.29) is 30.2 Å². The number of nitrogens with one attached hydrogen (secondary N) is 2. The van der Waals surface area contributed by atoms with Gasteiger partial charge in [0, 0.05) is 0 Å². The lowest BCUT2D eigenvalue weighted by Gasteiger charge is -2.23. The molecule has 2 rings (SSSR count). The van der Waals surface area contributed by atoms with Crippen molar-refractivity contribution >= 4 is 27.7 Å². The Balaban J connectivity index is 1.94. The SMILES string of the molecule is CCc1ccc(C(NC(=O)CNC(=O)c2ccc(Br)o2)C(C)C)cc1. The molecule has 0 radical (unpaired) electrons. The first kappa shape index (κ1) is 19.2. The predicted octanol–water partition coefficient (Wildman–Crippen LogP) is 3.85. The van der Waals surface area contributed by atoms with Crippen molar-refractivity contribution in [3.05, 3.63) is 58.0 Å². The molecule has 2 N–H and O–H groups in total. The van der Waals surface area contributed by atoms with Crippen molar-refractivity contribution in [2.75, 3.05) is 6.54 Å². The fourth-order valence-corrected chi connectivity index (χ4v) is 2.81. The van der Waals surface area contributed by atoms with Gasteiger partial charge in [0.2, 0.25) is 5.91 Å². The predicted molar refractivity (Wildman–Crippen MR) is 100 cm³/mol. The van der Waals surface area contributed by atoms with Crippen LogP contribution in [0.15, 0.2) is 45.5 Å². The van der Waals surface area contributed by atoms with Crippen LogP contribution >= 0.6 is 15.9 Å². The first-order valence-electron chi connectivity index (χ1n) is 8.32. The van der Waals surface area contributed by atoms with Gasteiger partial charge in [-0.15, -0.1) is 0 Å². The molecule has 2 aromatic rings. The number of benzene rings is 1. The molecule has 0 aliphatic heterocycles. The minimum atomic E-state index is -0.422. The molecule has 1 atom stereocenters. The zero-order valence-electron chi connectivity index (χ0n) is 14.6. The molecule has 0 saturated carbocycles. The average Bonchev–Trinajstić information content (AvgIpc) is 3.04. The van der Waals surface area contributed by atoms with Crippen LogP contribution in [0.4, 0.5) is 0 Å². The lowest BCUT2D eigenvalue weighted by atomic mass is 9.95. The maximum absolute atomic E-state index is 12.2. The van der Waals surface area contributed by atoms with Gasteiger partial charge in [-0.1, -0.05) is 45.0 Å².